The third-order valence-corrected chi connectivity index (χ3v) is 4.62. The molecule has 0 radical (unpaired) electrons. The summed E-state index contributed by atoms with van der Waals surface area (Å²) in [4.78, 5) is 0. The van der Waals surface area contributed by atoms with Crippen molar-refractivity contribution in [1.29, 1.82) is 0 Å². The van der Waals surface area contributed by atoms with Gasteiger partial charge in [-0.2, -0.15) is 0 Å². The number of ether oxygens (including phenoxy) is 1. The third-order valence-electron chi connectivity index (χ3n) is 4.62. The molecule has 0 saturated carbocycles. The van der Waals surface area contributed by atoms with Crippen molar-refractivity contribution >= 4 is 0 Å². The Morgan fingerprint density at radius 3 is 2.14 bits per heavy atom. The standard InChI is InChI=1S/C18H32N2O/c1-6-21-18-8-7-15(9-17(18)12(2)3)13(4)14(5)16(10-19)11-20/h7-9,12-14,16H,6,10-11,19-20H2,1-5H3. The molecule has 0 heterocycles. The van der Waals surface area contributed by atoms with Crippen molar-refractivity contribution in [3.05, 3.63) is 29.3 Å². The van der Waals surface area contributed by atoms with Gasteiger partial charge in [0.25, 0.3) is 0 Å². The first-order valence-electron chi connectivity index (χ1n) is 8.12. The highest BCUT2D eigenvalue weighted by atomic mass is 16.5. The second kappa shape index (κ2) is 8.40. The highest BCUT2D eigenvalue weighted by Gasteiger charge is 2.23. The van der Waals surface area contributed by atoms with Gasteiger partial charge in [0, 0.05) is 0 Å². The van der Waals surface area contributed by atoms with E-state index in [2.05, 4.69) is 45.9 Å². The van der Waals surface area contributed by atoms with Crippen LogP contribution in [0.25, 0.3) is 0 Å². The number of hydrogen-bond acceptors (Lipinski definition) is 3. The molecule has 1 aromatic carbocycles. The molecule has 4 N–H and O–H groups in total. The average Bonchev–Trinajstić information content (AvgIpc) is 2.48. The fourth-order valence-electron chi connectivity index (χ4n) is 2.83. The summed E-state index contributed by atoms with van der Waals surface area (Å²) in [5.74, 6) is 2.74. The molecule has 0 amide bonds. The van der Waals surface area contributed by atoms with Gasteiger partial charge in [-0.3, -0.25) is 0 Å². The van der Waals surface area contributed by atoms with Crippen molar-refractivity contribution in [3.63, 3.8) is 0 Å². The van der Waals surface area contributed by atoms with E-state index in [9.17, 15) is 0 Å². The van der Waals surface area contributed by atoms with E-state index >= 15 is 0 Å². The molecule has 0 aliphatic heterocycles. The van der Waals surface area contributed by atoms with E-state index in [0.29, 0.717) is 43.4 Å². The minimum absolute atomic E-state index is 0.370. The molecule has 0 bridgehead atoms. The first kappa shape index (κ1) is 18.0. The quantitative estimate of drug-likeness (QED) is 0.771. The number of hydrogen-bond donors (Lipinski definition) is 2. The Morgan fingerprint density at radius 2 is 1.67 bits per heavy atom. The predicted molar refractivity (Wildman–Crippen MR) is 90.9 cm³/mol. The first-order chi connectivity index (χ1) is 9.96. The maximum Gasteiger partial charge on any atom is 0.122 e. The molecule has 0 saturated heterocycles. The van der Waals surface area contributed by atoms with Gasteiger partial charge in [0.15, 0.2) is 0 Å². The summed E-state index contributed by atoms with van der Waals surface area (Å²) in [7, 11) is 0. The fourth-order valence-corrected chi connectivity index (χ4v) is 2.83. The maximum atomic E-state index is 5.84. The Labute approximate surface area is 130 Å². The lowest BCUT2D eigenvalue weighted by Crippen LogP contribution is -2.31. The number of benzene rings is 1. The molecule has 0 fully saturated rings. The van der Waals surface area contributed by atoms with Gasteiger partial charge in [-0.05, 0) is 60.9 Å². The predicted octanol–water partition coefficient (Wildman–Crippen LogP) is 3.48. The van der Waals surface area contributed by atoms with E-state index in [4.69, 9.17) is 16.2 Å². The van der Waals surface area contributed by atoms with Crippen LogP contribution in [0.1, 0.15) is 57.6 Å². The van der Waals surface area contributed by atoms with Crippen molar-refractivity contribution < 1.29 is 4.74 Å². The summed E-state index contributed by atoms with van der Waals surface area (Å²) < 4.78 is 5.74. The summed E-state index contributed by atoms with van der Waals surface area (Å²) in [6.45, 7) is 13.0. The molecule has 1 aromatic rings. The van der Waals surface area contributed by atoms with E-state index in [-0.39, 0.29) is 0 Å². The molecule has 0 spiro atoms. The van der Waals surface area contributed by atoms with Crippen LogP contribution in [0.2, 0.25) is 0 Å². The molecule has 3 nitrogen and oxygen atoms in total. The minimum Gasteiger partial charge on any atom is -0.494 e. The zero-order valence-electron chi connectivity index (χ0n) is 14.2. The Bertz CT molecular complexity index is 427. The van der Waals surface area contributed by atoms with Gasteiger partial charge < -0.3 is 16.2 Å². The van der Waals surface area contributed by atoms with E-state index < -0.39 is 0 Å². The monoisotopic (exact) mass is 292 g/mol. The van der Waals surface area contributed by atoms with Crippen LogP contribution in [0.3, 0.4) is 0 Å². The SMILES string of the molecule is CCOc1ccc(C(C)C(C)C(CN)CN)cc1C(C)C. The summed E-state index contributed by atoms with van der Waals surface area (Å²) in [5.41, 5.74) is 14.3. The Morgan fingerprint density at radius 1 is 1.05 bits per heavy atom. The number of rotatable bonds is 8. The molecule has 1 rings (SSSR count). The first-order valence-corrected chi connectivity index (χ1v) is 8.12. The van der Waals surface area contributed by atoms with Crippen molar-refractivity contribution in [2.45, 2.75) is 46.5 Å². The van der Waals surface area contributed by atoms with Crippen LogP contribution in [0, 0.1) is 11.8 Å². The van der Waals surface area contributed by atoms with Crippen molar-refractivity contribution in [2.75, 3.05) is 19.7 Å². The lowest BCUT2D eigenvalue weighted by molar-refractivity contribution is 0.325. The largest absolute Gasteiger partial charge is 0.494 e. The second-order valence-electron chi connectivity index (χ2n) is 6.26. The topological polar surface area (TPSA) is 61.3 Å². The lowest BCUT2D eigenvalue weighted by Gasteiger charge is -2.28. The molecule has 0 aromatic heterocycles. The van der Waals surface area contributed by atoms with Crippen LogP contribution >= 0.6 is 0 Å². The summed E-state index contributed by atoms with van der Waals surface area (Å²) in [6.07, 6.45) is 0. The minimum atomic E-state index is 0.370. The van der Waals surface area contributed by atoms with E-state index in [0.717, 1.165) is 5.75 Å². The molecular formula is C18H32N2O. The van der Waals surface area contributed by atoms with Gasteiger partial charge in [-0.15, -0.1) is 0 Å². The van der Waals surface area contributed by atoms with Gasteiger partial charge in [0.2, 0.25) is 0 Å². The van der Waals surface area contributed by atoms with Crippen LogP contribution in [0.4, 0.5) is 0 Å². The van der Waals surface area contributed by atoms with Crippen LogP contribution in [0.5, 0.6) is 5.75 Å². The Kier molecular flexibility index (Phi) is 7.20. The molecule has 3 heteroatoms. The molecule has 21 heavy (non-hydrogen) atoms. The van der Waals surface area contributed by atoms with E-state index in [1.165, 1.54) is 11.1 Å². The Balaban J connectivity index is 3.05. The average molecular weight is 292 g/mol. The molecule has 0 aliphatic rings. The highest BCUT2D eigenvalue weighted by molar-refractivity contribution is 5.40. The Hall–Kier alpha value is -1.06. The molecular weight excluding hydrogens is 260 g/mol. The smallest absolute Gasteiger partial charge is 0.122 e. The fraction of sp³-hybridized carbons (Fsp3) is 0.667. The maximum absolute atomic E-state index is 5.84. The third kappa shape index (κ3) is 4.45. The van der Waals surface area contributed by atoms with Crippen LogP contribution in [0.15, 0.2) is 18.2 Å². The van der Waals surface area contributed by atoms with Crippen molar-refractivity contribution in [3.8, 4) is 5.75 Å². The van der Waals surface area contributed by atoms with Gasteiger partial charge in [-0.1, -0.05) is 39.8 Å². The second-order valence-corrected chi connectivity index (χ2v) is 6.26. The lowest BCUT2D eigenvalue weighted by atomic mass is 9.79. The summed E-state index contributed by atoms with van der Waals surface area (Å²) in [5, 5.41) is 0. The van der Waals surface area contributed by atoms with E-state index in [1.807, 2.05) is 6.92 Å². The van der Waals surface area contributed by atoms with Crippen LogP contribution < -0.4 is 16.2 Å². The van der Waals surface area contributed by atoms with Crippen molar-refractivity contribution in [2.24, 2.45) is 23.3 Å². The van der Waals surface area contributed by atoms with Crippen molar-refractivity contribution in [1.82, 2.24) is 0 Å². The van der Waals surface area contributed by atoms with Crippen LogP contribution in [-0.2, 0) is 0 Å². The zero-order valence-corrected chi connectivity index (χ0v) is 14.2. The summed E-state index contributed by atoms with van der Waals surface area (Å²) >= 11 is 0. The molecule has 2 atom stereocenters. The van der Waals surface area contributed by atoms with Crippen LogP contribution in [-0.4, -0.2) is 19.7 Å². The normalized spacial score (nSPS) is 14.5. The molecule has 2 unspecified atom stereocenters. The molecule has 0 aliphatic carbocycles. The highest BCUT2D eigenvalue weighted by Crippen LogP contribution is 2.34. The van der Waals surface area contributed by atoms with Gasteiger partial charge in [-0.25, -0.2) is 0 Å². The van der Waals surface area contributed by atoms with Gasteiger partial charge in [0.05, 0.1) is 6.61 Å². The molecule has 120 valence electrons. The number of nitrogens with two attached hydrogens (primary N) is 2. The van der Waals surface area contributed by atoms with Gasteiger partial charge in [0.1, 0.15) is 5.75 Å². The zero-order chi connectivity index (χ0) is 16.0. The van der Waals surface area contributed by atoms with Gasteiger partial charge >= 0.3 is 0 Å². The van der Waals surface area contributed by atoms with E-state index in [1.54, 1.807) is 0 Å². The summed E-state index contributed by atoms with van der Waals surface area (Å²) in [6, 6.07) is 6.58.